The van der Waals surface area contributed by atoms with Gasteiger partial charge in [0.2, 0.25) is 94.5 Å². The Kier molecular flexibility index (Phi) is 80.2. The third-order valence-electron chi connectivity index (χ3n) is 18.2. The van der Waals surface area contributed by atoms with Gasteiger partial charge in [-0.3, -0.25) is 81.6 Å². The number of carbonyl (C=O) groups is 19. The van der Waals surface area contributed by atoms with Crippen LogP contribution in [0.5, 0.6) is 0 Å². The van der Waals surface area contributed by atoms with Crippen molar-refractivity contribution in [1.82, 2.24) is 111 Å². The van der Waals surface area contributed by atoms with Crippen LogP contribution in [0.25, 0.3) is 0 Å². The molecule has 1 aliphatic heterocycles. The van der Waals surface area contributed by atoms with Crippen LogP contribution in [0, 0.1) is 0 Å². The van der Waals surface area contributed by atoms with Crippen LogP contribution in [0.15, 0.2) is 0 Å². The first-order chi connectivity index (χ1) is 66.0. The monoisotopic (exact) mass is 2080 g/mol. The third kappa shape index (κ3) is 76.2. The smallest absolute Gasteiger partial charge is 0.314 e. The summed E-state index contributed by atoms with van der Waals surface area (Å²) in [5.74, 6) is -2.79. The Morgan fingerprint density at radius 1 is 0.299 bits per heavy atom. The van der Waals surface area contributed by atoms with Crippen LogP contribution in [0.3, 0.4) is 0 Å². The van der Waals surface area contributed by atoms with Crippen LogP contribution in [-0.2, 0) is 105 Å². The second kappa shape index (κ2) is 86.7. The van der Waals surface area contributed by atoms with Gasteiger partial charge in [0, 0.05) is 224 Å². The van der Waals surface area contributed by atoms with Crippen LogP contribution in [-0.4, -0.2) is 401 Å². The van der Waals surface area contributed by atoms with Gasteiger partial charge in [-0.05, 0) is 57.8 Å². The molecular formula is C82H147N21O27S7. The maximum absolute atomic E-state index is 13.7. The normalized spacial score (nSPS) is 12.9. The molecule has 784 valence electrons. The quantitative estimate of drug-likeness (QED) is 0.0157. The Morgan fingerprint density at radius 2 is 0.591 bits per heavy atom. The molecule has 0 bridgehead atoms. The molecule has 0 saturated carbocycles. The summed E-state index contributed by atoms with van der Waals surface area (Å²) in [5, 5.41) is 71.1. The van der Waals surface area contributed by atoms with E-state index in [0.717, 1.165) is 28.2 Å². The molecule has 137 heavy (non-hydrogen) atoms. The second-order valence-corrected chi connectivity index (χ2v) is 39.1. The SMILES string of the molecule is CC(=O)NCCSSCCNC(=O)NCCC(=O)NCCCCC(NC(=O)CCOCCOCCNC(=O)C(CSC1CC(=O)N(CCC(=O)NC(CCCCNC(=O)CCNC(=O)NCCSSCCNC(C)=O)C(=O)NCCOCCOCCC(=O)NC(CCCCNC(=O)CCNC(=O)NCCSSCCNC(C)=O)C(=O)NCCOCCO)C1=O)NC(C)=O)C(=O)NCCOCCO. The van der Waals surface area contributed by atoms with E-state index >= 15 is 0 Å². The van der Waals surface area contributed by atoms with Gasteiger partial charge in [-0.2, -0.15) is 0 Å². The number of ether oxygens (including phenoxy) is 6. The molecule has 1 rings (SSSR count). The molecule has 0 aromatic heterocycles. The van der Waals surface area contributed by atoms with Gasteiger partial charge in [-0.15, -0.1) is 11.8 Å². The number of rotatable bonds is 87. The van der Waals surface area contributed by atoms with Gasteiger partial charge in [0.15, 0.2) is 0 Å². The summed E-state index contributed by atoms with van der Waals surface area (Å²) >= 11 is 0.959. The van der Waals surface area contributed by atoms with Crippen molar-refractivity contribution in [2.24, 2.45) is 0 Å². The van der Waals surface area contributed by atoms with Gasteiger partial charge in [-0.25, -0.2) is 14.4 Å². The molecule has 1 fully saturated rings. The summed E-state index contributed by atoms with van der Waals surface area (Å²) in [7, 11) is 9.36. The van der Waals surface area contributed by atoms with E-state index in [4.69, 9.17) is 38.6 Å². The highest BCUT2D eigenvalue weighted by molar-refractivity contribution is 8.77. The number of unbranched alkanes of at least 4 members (excludes halogenated alkanes) is 3. The van der Waals surface area contributed by atoms with Crippen molar-refractivity contribution >= 4 is 189 Å². The Labute approximate surface area is 828 Å². The molecule has 48 nitrogen and oxygen atoms in total. The highest BCUT2D eigenvalue weighted by Crippen LogP contribution is 2.27. The minimum absolute atomic E-state index is 0.00312. The molecule has 22 N–H and O–H groups in total. The summed E-state index contributed by atoms with van der Waals surface area (Å²) in [6.07, 6.45) is 2.26. The van der Waals surface area contributed by atoms with Gasteiger partial charge in [-0.1, -0.05) is 64.8 Å². The Bertz CT molecular complexity index is 3540. The van der Waals surface area contributed by atoms with Crippen LogP contribution in [0.1, 0.15) is 130 Å². The minimum atomic E-state index is -1.15. The lowest BCUT2D eigenvalue weighted by atomic mass is 10.1. The summed E-state index contributed by atoms with van der Waals surface area (Å²) < 4.78 is 32.9. The average Bonchev–Trinajstić information content (AvgIpc) is 1.68. The van der Waals surface area contributed by atoms with Crippen molar-refractivity contribution in [2.75, 3.05) is 244 Å². The molecule has 1 heterocycles. The number of thioether (sulfide) groups is 1. The fourth-order valence-electron chi connectivity index (χ4n) is 11.5. The number of urea groups is 3. The van der Waals surface area contributed by atoms with E-state index in [9.17, 15) is 91.1 Å². The van der Waals surface area contributed by atoms with Crippen LogP contribution in [0.4, 0.5) is 14.4 Å². The fourth-order valence-corrected chi connectivity index (χ4v) is 18.1. The summed E-state index contributed by atoms with van der Waals surface area (Å²) in [5.41, 5.74) is 0. The number of imide groups is 1. The van der Waals surface area contributed by atoms with Gasteiger partial charge < -0.3 is 145 Å². The number of likely N-dealkylation sites (tertiary alicyclic amines) is 1. The van der Waals surface area contributed by atoms with Gasteiger partial charge in [0.05, 0.1) is 97.7 Å². The molecule has 1 saturated heterocycles. The van der Waals surface area contributed by atoms with Crippen molar-refractivity contribution in [3.8, 4) is 0 Å². The van der Waals surface area contributed by atoms with Crippen molar-refractivity contribution in [3.63, 3.8) is 0 Å². The number of hydrogen-bond acceptors (Lipinski definition) is 34. The van der Waals surface area contributed by atoms with E-state index < -0.39 is 113 Å². The molecule has 0 aliphatic carbocycles. The number of carbonyl (C=O) groups excluding carboxylic acids is 19. The lowest BCUT2D eigenvalue weighted by Crippen LogP contribution is -2.48. The first-order valence-electron chi connectivity index (χ1n) is 45.8. The summed E-state index contributed by atoms with van der Waals surface area (Å²) in [6.45, 7) is 9.45. The predicted octanol–water partition coefficient (Wildman–Crippen LogP) is -3.99. The predicted molar refractivity (Wildman–Crippen MR) is 525 cm³/mol. The Hall–Kier alpha value is -8.34. The van der Waals surface area contributed by atoms with E-state index in [-0.39, 0.29) is 263 Å². The number of amides is 22. The maximum atomic E-state index is 13.7. The largest absolute Gasteiger partial charge is 0.394 e. The Balaban J connectivity index is 2.77. The van der Waals surface area contributed by atoms with Crippen LogP contribution < -0.4 is 106 Å². The molecular weight excluding hydrogens is 1940 g/mol. The lowest BCUT2D eigenvalue weighted by molar-refractivity contribution is -0.139. The van der Waals surface area contributed by atoms with E-state index in [1.54, 1.807) is 54.0 Å². The topological polar surface area (TPSA) is 664 Å². The third-order valence-corrected chi connectivity index (χ3v) is 26.7. The molecule has 22 amide bonds. The molecule has 5 atom stereocenters. The summed E-state index contributed by atoms with van der Waals surface area (Å²) in [4.78, 5) is 240. The number of hydrogen-bond donors (Lipinski definition) is 22. The van der Waals surface area contributed by atoms with E-state index in [1.807, 2.05) is 0 Å². The highest BCUT2D eigenvalue weighted by Gasteiger charge is 2.40. The van der Waals surface area contributed by atoms with E-state index in [2.05, 4.69) is 106 Å². The highest BCUT2D eigenvalue weighted by atomic mass is 33.1. The number of nitrogens with one attached hydrogen (secondary N) is 20. The first-order valence-corrected chi connectivity index (χ1v) is 54.3. The number of aliphatic hydroxyl groups is 2. The minimum Gasteiger partial charge on any atom is -0.394 e. The van der Waals surface area contributed by atoms with Crippen LogP contribution >= 0.6 is 76.5 Å². The number of nitrogens with zero attached hydrogens (tertiary/aromatic N) is 1. The molecule has 0 aromatic rings. The summed E-state index contributed by atoms with van der Waals surface area (Å²) in [6, 6.07) is -5.39. The fraction of sp³-hybridized carbons (Fsp3) is 0.768. The maximum Gasteiger partial charge on any atom is 0.314 e. The second-order valence-electron chi connectivity index (χ2n) is 29.8. The average molecular weight is 2080 g/mol. The molecule has 0 radical (unpaired) electrons. The lowest BCUT2D eigenvalue weighted by Gasteiger charge is -2.20. The molecule has 1 aliphatic rings. The zero-order valence-corrected chi connectivity index (χ0v) is 84.7. The molecule has 5 unspecified atom stereocenters. The van der Waals surface area contributed by atoms with Gasteiger partial charge in [0.25, 0.3) is 0 Å². The van der Waals surface area contributed by atoms with Crippen molar-refractivity contribution < 1.29 is 130 Å². The van der Waals surface area contributed by atoms with Crippen molar-refractivity contribution in [1.29, 1.82) is 0 Å². The Morgan fingerprint density at radius 3 is 0.905 bits per heavy atom. The first kappa shape index (κ1) is 127. The molecule has 0 spiro atoms. The number of aliphatic hydroxyl groups excluding tert-OH is 2. The van der Waals surface area contributed by atoms with E-state index in [0.29, 0.717) is 101 Å². The standard InChI is InChI=1S/C82H147N21O27S7/c1-59(106)83-30-51-132-135-54-33-96-80(122)93-23-14-68(110)86-20-8-5-11-63(75(117)91-28-43-129-49-47-125-39-18-72(114)101-64(76(118)89-26-41-127-45-37-104)12-6-9-21-87-69(111)15-24-94-81(123)97-34-55-136-133-52-31-84-60(2)107)100-71(113)17-36-103-74(116)57-67(79(103)121)131-58-66(99-62(4)109)78(120)92-29-44-130-50-48-126-40-19-73(115)102-65(77(119)90-27-42-128-46-38-105)13-7-10-22-88-70(112)16-25-95-82(124)98-35-56-137-134-53-32-85-61(3)108/h63-67,104-105H,5-58H2,1-4H3,(H,83,106)(H,84,107)(H,85,108)(H,86,110)(H,87,111)(H,88,112)(H,89,118)(H,90,119)(H,91,117)(H,92,120)(H,99,109)(H,100,113)(H,101,114)(H,102,115)(H2,93,96,122)(H2,94,97,123)(H2,95,98,124). The zero-order valence-electron chi connectivity index (χ0n) is 79.0. The molecule has 0 aromatic carbocycles. The van der Waals surface area contributed by atoms with Gasteiger partial charge >= 0.3 is 18.1 Å². The molecule has 55 heteroatoms. The van der Waals surface area contributed by atoms with Crippen LogP contribution in [0.2, 0.25) is 0 Å². The van der Waals surface area contributed by atoms with Crippen molar-refractivity contribution in [3.05, 3.63) is 0 Å². The zero-order chi connectivity index (χ0) is 101. The van der Waals surface area contributed by atoms with Gasteiger partial charge in [0.1, 0.15) is 24.2 Å². The van der Waals surface area contributed by atoms with E-state index in [1.165, 1.54) is 38.5 Å². The van der Waals surface area contributed by atoms with Crippen molar-refractivity contribution in [2.45, 2.75) is 160 Å².